The van der Waals surface area contributed by atoms with Crippen LogP contribution in [-0.2, 0) is 0 Å². The second kappa shape index (κ2) is 2.34. The Morgan fingerprint density at radius 3 is 2.56 bits per heavy atom. The van der Waals surface area contributed by atoms with E-state index in [1.54, 1.807) is 0 Å². The van der Waals surface area contributed by atoms with Crippen molar-refractivity contribution >= 4 is 11.6 Å². The zero-order chi connectivity index (χ0) is 6.91. The highest BCUT2D eigenvalue weighted by Gasteiger charge is 2.43. The molecule has 0 radical (unpaired) electrons. The summed E-state index contributed by atoms with van der Waals surface area (Å²) >= 11 is 5.48. The van der Waals surface area contributed by atoms with Crippen molar-refractivity contribution in [2.45, 2.75) is 20.3 Å². The molecule has 1 aliphatic rings. The van der Waals surface area contributed by atoms with E-state index in [-0.39, 0.29) is 0 Å². The molecule has 0 aromatic carbocycles. The zero-order valence-electron chi connectivity index (χ0n) is 6.02. The largest absolute Gasteiger partial charge is 0.122 e. The summed E-state index contributed by atoms with van der Waals surface area (Å²) in [6, 6.07) is 0. The van der Waals surface area contributed by atoms with Crippen LogP contribution in [0.2, 0.25) is 0 Å². The SMILES string of the molecule is CC1(C)C[C@H]1/C=C/CCl. The van der Waals surface area contributed by atoms with Gasteiger partial charge in [-0.15, -0.1) is 11.6 Å². The number of allylic oxidation sites excluding steroid dienone is 2. The van der Waals surface area contributed by atoms with Crippen LogP contribution in [0.15, 0.2) is 12.2 Å². The van der Waals surface area contributed by atoms with Crippen molar-refractivity contribution in [2.75, 3.05) is 5.88 Å². The van der Waals surface area contributed by atoms with E-state index in [0.29, 0.717) is 11.3 Å². The summed E-state index contributed by atoms with van der Waals surface area (Å²) in [5.74, 6) is 1.46. The molecule has 0 saturated heterocycles. The monoisotopic (exact) mass is 144 g/mol. The first kappa shape index (κ1) is 7.14. The third-order valence-corrected chi connectivity index (χ3v) is 2.23. The quantitative estimate of drug-likeness (QED) is 0.413. The van der Waals surface area contributed by atoms with Crippen LogP contribution in [0.25, 0.3) is 0 Å². The van der Waals surface area contributed by atoms with Crippen LogP contribution in [0.4, 0.5) is 0 Å². The summed E-state index contributed by atoms with van der Waals surface area (Å²) in [7, 11) is 0. The third-order valence-electron chi connectivity index (χ3n) is 2.05. The van der Waals surface area contributed by atoms with Crippen LogP contribution in [0.3, 0.4) is 0 Å². The fourth-order valence-corrected chi connectivity index (χ4v) is 1.15. The van der Waals surface area contributed by atoms with Gasteiger partial charge < -0.3 is 0 Å². The Balaban J connectivity index is 2.27. The number of rotatable bonds is 2. The van der Waals surface area contributed by atoms with Gasteiger partial charge in [-0.1, -0.05) is 26.0 Å². The fraction of sp³-hybridized carbons (Fsp3) is 0.750. The van der Waals surface area contributed by atoms with Crippen LogP contribution >= 0.6 is 11.6 Å². The number of halogens is 1. The van der Waals surface area contributed by atoms with E-state index in [1.165, 1.54) is 6.42 Å². The molecule has 1 atom stereocenters. The van der Waals surface area contributed by atoms with Gasteiger partial charge in [-0.25, -0.2) is 0 Å². The Bertz CT molecular complexity index is 125. The topological polar surface area (TPSA) is 0 Å². The first-order valence-electron chi connectivity index (χ1n) is 3.39. The van der Waals surface area contributed by atoms with Gasteiger partial charge in [0.15, 0.2) is 0 Å². The summed E-state index contributed by atoms with van der Waals surface area (Å²) in [5, 5.41) is 0. The van der Waals surface area contributed by atoms with Gasteiger partial charge in [0.05, 0.1) is 0 Å². The molecule has 0 heterocycles. The predicted molar refractivity (Wildman–Crippen MR) is 41.7 cm³/mol. The van der Waals surface area contributed by atoms with Gasteiger partial charge in [-0.2, -0.15) is 0 Å². The number of hydrogen-bond acceptors (Lipinski definition) is 0. The molecule has 0 aromatic heterocycles. The van der Waals surface area contributed by atoms with Gasteiger partial charge in [0.1, 0.15) is 0 Å². The lowest BCUT2D eigenvalue weighted by Crippen LogP contribution is -1.85. The standard InChI is InChI=1S/C8H13Cl/c1-8(2)6-7(8)4-3-5-9/h3-4,7H,5-6H2,1-2H3/b4-3+/t7-/m1/s1. The van der Waals surface area contributed by atoms with Crippen molar-refractivity contribution in [2.24, 2.45) is 11.3 Å². The van der Waals surface area contributed by atoms with E-state index < -0.39 is 0 Å². The molecule has 0 bridgehead atoms. The second-order valence-corrected chi connectivity index (χ2v) is 3.69. The molecule has 1 heteroatoms. The molecule has 0 aliphatic heterocycles. The van der Waals surface area contributed by atoms with Gasteiger partial charge in [-0.05, 0) is 17.8 Å². The summed E-state index contributed by atoms with van der Waals surface area (Å²) in [6.07, 6.45) is 5.61. The Labute approximate surface area is 61.9 Å². The van der Waals surface area contributed by atoms with Crippen molar-refractivity contribution in [1.82, 2.24) is 0 Å². The average Bonchev–Trinajstić information content (AvgIpc) is 2.35. The van der Waals surface area contributed by atoms with E-state index >= 15 is 0 Å². The van der Waals surface area contributed by atoms with Crippen molar-refractivity contribution in [1.29, 1.82) is 0 Å². The van der Waals surface area contributed by atoms with Crippen LogP contribution in [-0.4, -0.2) is 5.88 Å². The average molecular weight is 145 g/mol. The first-order valence-corrected chi connectivity index (χ1v) is 3.93. The maximum Gasteiger partial charge on any atom is 0.0404 e. The molecule has 1 saturated carbocycles. The third kappa shape index (κ3) is 1.72. The van der Waals surface area contributed by atoms with E-state index in [2.05, 4.69) is 19.9 Å². The van der Waals surface area contributed by atoms with Gasteiger partial charge in [0.2, 0.25) is 0 Å². The molecule has 0 unspecified atom stereocenters. The molecule has 52 valence electrons. The molecule has 0 amide bonds. The smallest absolute Gasteiger partial charge is 0.0404 e. The normalized spacial score (nSPS) is 31.2. The van der Waals surface area contributed by atoms with Crippen LogP contribution in [0, 0.1) is 11.3 Å². The minimum absolute atomic E-state index is 0.572. The Morgan fingerprint density at radius 1 is 1.67 bits per heavy atom. The molecule has 1 aliphatic carbocycles. The van der Waals surface area contributed by atoms with Crippen molar-refractivity contribution < 1.29 is 0 Å². The minimum atomic E-state index is 0.572. The van der Waals surface area contributed by atoms with Gasteiger partial charge >= 0.3 is 0 Å². The van der Waals surface area contributed by atoms with E-state index in [1.807, 2.05) is 6.08 Å². The van der Waals surface area contributed by atoms with Crippen LogP contribution in [0.1, 0.15) is 20.3 Å². The highest BCUT2D eigenvalue weighted by molar-refractivity contribution is 6.18. The van der Waals surface area contributed by atoms with Gasteiger partial charge in [-0.3, -0.25) is 0 Å². The Kier molecular flexibility index (Phi) is 1.85. The summed E-state index contributed by atoms with van der Waals surface area (Å²) in [6.45, 7) is 4.58. The molecule has 0 spiro atoms. The van der Waals surface area contributed by atoms with Crippen LogP contribution in [0.5, 0.6) is 0 Å². The molecule has 1 rings (SSSR count). The zero-order valence-corrected chi connectivity index (χ0v) is 6.78. The highest BCUT2D eigenvalue weighted by atomic mass is 35.5. The fourth-order valence-electron chi connectivity index (χ4n) is 1.05. The molecule has 0 N–H and O–H groups in total. The van der Waals surface area contributed by atoms with E-state index in [0.717, 1.165) is 5.92 Å². The lowest BCUT2D eigenvalue weighted by atomic mass is 10.1. The maximum atomic E-state index is 5.48. The maximum absolute atomic E-state index is 5.48. The number of hydrogen-bond donors (Lipinski definition) is 0. The Morgan fingerprint density at radius 2 is 2.22 bits per heavy atom. The van der Waals surface area contributed by atoms with Crippen molar-refractivity contribution in [3.63, 3.8) is 0 Å². The van der Waals surface area contributed by atoms with Crippen molar-refractivity contribution in [3.05, 3.63) is 12.2 Å². The summed E-state index contributed by atoms with van der Waals surface area (Å²) in [5.41, 5.74) is 0.572. The molecular weight excluding hydrogens is 132 g/mol. The molecular formula is C8H13Cl. The lowest BCUT2D eigenvalue weighted by molar-refractivity contribution is 0.610. The molecule has 1 fully saturated rings. The van der Waals surface area contributed by atoms with Gasteiger partial charge in [0.25, 0.3) is 0 Å². The van der Waals surface area contributed by atoms with E-state index in [9.17, 15) is 0 Å². The lowest BCUT2D eigenvalue weighted by Gasteiger charge is -1.94. The van der Waals surface area contributed by atoms with Crippen LogP contribution < -0.4 is 0 Å². The summed E-state index contributed by atoms with van der Waals surface area (Å²) in [4.78, 5) is 0. The number of alkyl halides is 1. The minimum Gasteiger partial charge on any atom is -0.122 e. The Hall–Kier alpha value is 0.0300. The highest BCUT2D eigenvalue weighted by Crippen LogP contribution is 2.52. The van der Waals surface area contributed by atoms with Crippen molar-refractivity contribution in [3.8, 4) is 0 Å². The second-order valence-electron chi connectivity index (χ2n) is 3.38. The molecule has 0 nitrogen and oxygen atoms in total. The molecule has 9 heavy (non-hydrogen) atoms. The first-order chi connectivity index (χ1) is 4.17. The van der Waals surface area contributed by atoms with E-state index in [4.69, 9.17) is 11.6 Å². The predicted octanol–water partition coefficient (Wildman–Crippen LogP) is 2.83. The van der Waals surface area contributed by atoms with Gasteiger partial charge in [0, 0.05) is 5.88 Å². The summed E-state index contributed by atoms with van der Waals surface area (Å²) < 4.78 is 0. The molecule has 0 aromatic rings.